The van der Waals surface area contributed by atoms with Crippen LogP contribution in [0.25, 0.3) is 0 Å². The molecule has 106 valence electrons. The molecule has 1 rings (SSSR count). The molecule has 0 fully saturated rings. The number of nitrogens with zero attached hydrogens (tertiary/aromatic N) is 1. The maximum atomic E-state index is 11.9. The van der Waals surface area contributed by atoms with Gasteiger partial charge in [0.15, 0.2) is 0 Å². The molecule has 0 aromatic heterocycles. The first-order valence-corrected chi connectivity index (χ1v) is 6.85. The number of nitrogen functional groups attached to an aromatic ring is 1. The van der Waals surface area contributed by atoms with Crippen molar-refractivity contribution in [2.75, 3.05) is 25.9 Å². The summed E-state index contributed by atoms with van der Waals surface area (Å²) in [5, 5.41) is 2.91. The quantitative estimate of drug-likeness (QED) is 0.585. The molecule has 0 aliphatic carbocycles. The van der Waals surface area contributed by atoms with Crippen molar-refractivity contribution in [1.82, 2.24) is 10.2 Å². The van der Waals surface area contributed by atoms with Crippen LogP contribution < -0.4 is 11.1 Å². The first kappa shape index (κ1) is 15.5. The molecule has 0 atom stereocenters. The molecule has 0 unspecified atom stereocenters. The maximum Gasteiger partial charge on any atom is 0.253 e. The molecule has 19 heavy (non-hydrogen) atoms. The molecule has 1 amide bonds. The van der Waals surface area contributed by atoms with Crippen molar-refractivity contribution in [1.29, 1.82) is 0 Å². The molecule has 1 aromatic rings. The van der Waals surface area contributed by atoms with E-state index in [1.54, 1.807) is 12.1 Å². The van der Waals surface area contributed by atoms with Gasteiger partial charge in [-0.25, -0.2) is 0 Å². The van der Waals surface area contributed by atoms with Crippen LogP contribution in [0.5, 0.6) is 0 Å². The molecule has 0 saturated heterocycles. The number of amides is 1. The lowest BCUT2D eigenvalue weighted by molar-refractivity contribution is 0.0953. The van der Waals surface area contributed by atoms with Crippen LogP contribution in [-0.2, 0) is 0 Å². The van der Waals surface area contributed by atoms with Gasteiger partial charge in [0.05, 0.1) is 5.56 Å². The Labute approximate surface area is 116 Å². The molecule has 1 aromatic carbocycles. The largest absolute Gasteiger partial charge is 0.398 e. The Morgan fingerprint density at radius 1 is 1.32 bits per heavy atom. The monoisotopic (exact) mass is 263 g/mol. The zero-order chi connectivity index (χ0) is 14.3. The van der Waals surface area contributed by atoms with Gasteiger partial charge >= 0.3 is 0 Å². The highest BCUT2D eigenvalue weighted by molar-refractivity contribution is 5.98. The third kappa shape index (κ3) is 5.30. The first-order chi connectivity index (χ1) is 9.02. The standard InChI is InChI=1S/C15H25N3O/c1-12(2)18(3)11-7-6-10-17-15(19)13-8-4-5-9-14(13)16/h4-5,8-9,12H,6-7,10-11,16H2,1-3H3,(H,17,19). The SMILES string of the molecule is CC(C)N(C)CCCCNC(=O)c1ccccc1N. The average Bonchev–Trinajstić information content (AvgIpc) is 2.38. The zero-order valence-corrected chi connectivity index (χ0v) is 12.1. The Kier molecular flexibility index (Phi) is 6.36. The summed E-state index contributed by atoms with van der Waals surface area (Å²) in [7, 11) is 2.12. The van der Waals surface area contributed by atoms with Crippen LogP contribution in [0.3, 0.4) is 0 Å². The van der Waals surface area contributed by atoms with Crippen LogP contribution in [-0.4, -0.2) is 37.0 Å². The number of benzene rings is 1. The number of rotatable bonds is 7. The van der Waals surface area contributed by atoms with Gasteiger partial charge < -0.3 is 16.0 Å². The molecule has 0 heterocycles. The predicted octanol–water partition coefficient (Wildman–Crippen LogP) is 2.12. The van der Waals surface area contributed by atoms with Crippen molar-refractivity contribution < 1.29 is 4.79 Å². The topological polar surface area (TPSA) is 58.4 Å². The number of hydrogen-bond acceptors (Lipinski definition) is 3. The summed E-state index contributed by atoms with van der Waals surface area (Å²) in [6.07, 6.45) is 2.06. The average molecular weight is 263 g/mol. The Morgan fingerprint density at radius 3 is 2.63 bits per heavy atom. The van der Waals surface area contributed by atoms with Crippen LogP contribution >= 0.6 is 0 Å². The summed E-state index contributed by atoms with van der Waals surface area (Å²) in [5.74, 6) is -0.0877. The van der Waals surface area contributed by atoms with E-state index >= 15 is 0 Å². The lowest BCUT2D eigenvalue weighted by Gasteiger charge is -2.20. The van der Waals surface area contributed by atoms with Crippen molar-refractivity contribution in [3.63, 3.8) is 0 Å². The van der Waals surface area contributed by atoms with Gasteiger partial charge in [-0.3, -0.25) is 4.79 Å². The number of anilines is 1. The Balaban J connectivity index is 2.23. The van der Waals surface area contributed by atoms with Gasteiger partial charge in [-0.05, 0) is 52.4 Å². The fourth-order valence-corrected chi connectivity index (χ4v) is 1.75. The van der Waals surface area contributed by atoms with E-state index in [1.165, 1.54) is 0 Å². The maximum absolute atomic E-state index is 11.9. The van der Waals surface area contributed by atoms with E-state index in [-0.39, 0.29) is 5.91 Å². The highest BCUT2D eigenvalue weighted by Gasteiger charge is 2.07. The second-order valence-corrected chi connectivity index (χ2v) is 5.12. The second kappa shape index (κ2) is 7.79. The van der Waals surface area contributed by atoms with Gasteiger partial charge in [-0.1, -0.05) is 12.1 Å². The molecular formula is C15H25N3O. The zero-order valence-electron chi connectivity index (χ0n) is 12.1. The molecule has 4 nitrogen and oxygen atoms in total. The third-order valence-corrected chi connectivity index (χ3v) is 3.31. The molecule has 3 N–H and O–H groups in total. The minimum atomic E-state index is -0.0877. The molecular weight excluding hydrogens is 238 g/mol. The van der Waals surface area contributed by atoms with E-state index in [2.05, 4.69) is 31.1 Å². The molecule has 0 spiro atoms. The number of nitrogens with two attached hydrogens (primary N) is 1. The van der Waals surface area contributed by atoms with Crippen LogP contribution in [0.15, 0.2) is 24.3 Å². The fraction of sp³-hybridized carbons (Fsp3) is 0.533. The Hall–Kier alpha value is -1.55. The molecule has 0 aliphatic heterocycles. The van der Waals surface area contributed by atoms with E-state index in [9.17, 15) is 4.79 Å². The van der Waals surface area contributed by atoms with Crippen molar-refractivity contribution in [2.45, 2.75) is 32.7 Å². The summed E-state index contributed by atoms with van der Waals surface area (Å²) in [4.78, 5) is 14.2. The number of para-hydroxylation sites is 1. The first-order valence-electron chi connectivity index (χ1n) is 6.85. The number of unbranched alkanes of at least 4 members (excludes halogenated alkanes) is 1. The van der Waals surface area contributed by atoms with Gasteiger partial charge in [-0.15, -0.1) is 0 Å². The van der Waals surface area contributed by atoms with E-state index < -0.39 is 0 Å². The van der Waals surface area contributed by atoms with Crippen LogP contribution in [0, 0.1) is 0 Å². The lowest BCUT2D eigenvalue weighted by Crippen LogP contribution is -2.29. The predicted molar refractivity (Wildman–Crippen MR) is 80.2 cm³/mol. The van der Waals surface area contributed by atoms with Crippen molar-refractivity contribution >= 4 is 11.6 Å². The molecule has 0 radical (unpaired) electrons. The highest BCUT2D eigenvalue weighted by Crippen LogP contribution is 2.09. The molecule has 0 saturated carbocycles. The van der Waals surface area contributed by atoms with Gasteiger partial charge in [0.25, 0.3) is 5.91 Å². The van der Waals surface area contributed by atoms with Gasteiger partial charge in [0, 0.05) is 18.3 Å². The minimum absolute atomic E-state index is 0.0877. The molecule has 4 heteroatoms. The fourth-order valence-electron chi connectivity index (χ4n) is 1.75. The van der Waals surface area contributed by atoms with E-state index in [0.29, 0.717) is 23.8 Å². The molecule has 0 bridgehead atoms. The van der Waals surface area contributed by atoms with Crippen LogP contribution in [0.1, 0.15) is 37.0 Å². The van der Waals surface area contributed by atoms with E-state index in [4.69, 9.17) is 5.73 Å². The molecule has 0 aliphatic rings. The lowest BCUT2D eigenvalue weighted by atomic mass is 10.1. The number of carbonyl (C=O) groups is 1. The van der Waals surface area contributed by atoms with Crippen LogP contribution in [0.4, 0.5) is 5.69 Å². The van der Waals surface area contributed by atoms with E-state index in [0.717, 1.165) is 19.4 Å². The van der Waals surface area contributed by atoms with Crippen molar-refractivity contribution in [2.24, 2.45) is 0 Å². The van der Waals surface area contributed by atoms with Gasteiger partial charge in [-0.2, -0.15) is 0 Å². The van der Waals surface area contributed by atoms with Gasteiger partial charge in [0.1, 0.15) is 0 Å². The van der Waals surface area contributed by atoms with Crippen molar-refractivity contribution in [3.05, 3.63) is 29.8 Å². The summed E-state index contributed by atoms with van der Waals surface area (Å²) in [6, 6.07) is 7.71. The minimum Gasteiger partial charge on any atom is -0.398 e. The van der Waals surface area contributed by atoms with Gasteiger partial charge in [0.2, 0.25) is 0 Å². The third-order valence-electron chi connectivity index (χ3n) is 3.31. The summed E-state index contributed by atoms with van der Waals surface area (Å²) in [6.45, 7) is 6.11. The normalized spacial score (nSPS) is 11.0. The summed E-state index contributed by atoms with van der Waals surface area (Å²) < 4.78 is 0. The summed E-state index contributed by atoms with van der Waals surface area (Å²) in [5.41, 5.74) is 6.84. The smallest absolute Gasteiger partial charge is 0.253 e. The van der Waals surface area contributed by atoms with E-state index in [1.807, 2.05) is 12.1 Å². The second-order valence-electron chi connectivity index (χ2n) is 5.12. The summed E-state index contributed by atoms with van der Waals surface area (Å²) >= 11 is 0. The Morgan fingerprint density at radius 2 is 2.00 bits per heavy atom. The number of nitrogens with one attached hydrogen (secondary N) is 1. The van der Waals surface area contributed by atoms with Crippen LogP contribution in [0.2, 0.25) is 0 Å². The highest BCUT2D eigenvalue weighted by atomic mass is 16.1. The van der Waals surface area contributed by atoms with Crippen molar-refractivity contribution in [3.8, 4) is 0 Å². The number of carbonyl (C=O) groups excluding carboxylic acids is 1. The number of hydrogen-bond donors (Lipinski definition) is 2. The Bertz CT molecular complexity index is 404.